The Bertz CT molecular complexity index is 430. The molecule has 1 aliphatic rings. The van der Waals surface area contributed by atoms with E-state index in [9.17, 15) is 4.39 Å². The predicted octanol–water partition coefficient (Wildman–Crippen LogP) is 2.41. The lowest BCUT2D eigenvalue weighted by Gasteiger charge is -2.47. The van der Waals surface area contributed by atoms with Gasteiger partial charge in [-0.05, 0) is 39.4 Å². The van der Waals surface area contributed by atoms with Crippen LogP contribution in [-0.4, -0.2) is 38.2 Å². The van der Waals surface area contributed by atoms with E-state index in [0.717, 1.165) is 6.54 Å². The molecule has 19 heavy (non-hydrogen) atoms. The molecule has 0 bridgehead atoms. The Kier molecular flexibility index (Phi) is 4.42. The minimum Gasteiger partial charge on any atom is -0.497 e. The summed E-state index contributed by atoms with van der Waals surface area (Å²) in [6.07, 6.45) is 3.73. The first-order valence-corrected chi connectivity index (χ1v) is 6.78. The average molecular weight is 266 g/mol. The van der Waals surface area contributed by atoms with Gasteiger partial charge in [0.1, 0.15) is 11.6 Å². The third kappa shape index (κ3) is 3.07. The second-order valence-electron chi connectivity index (χ2n) is 5.53. The first-order chi connectivity index (χ1) is 9.07. The van der Waals surface area contributed by atoms with Crippen LogP contribution in [0, 0.1) is 5.82 Å². The second kappa shape index (κ2) is 5.88. The lowest BCUT2D eigenvalue weighted by atomic mass is 9.75. The van der Waals surface area contributed by atoms with Gasteiger partial charge in [0.25, 0.3) is 0 Å². The molecule has 1 aliphatic carbocycles. The van der Waals surface area contributed by atoms with Crippen LogP contribution in [0.4, 0.5) is 4.39 Å². The van der Waals surface area contributed by atoms with Crippen LogP contribution in [0.15, 0.2) is 18.2 Å². The van der Waals surface area contributed by atoms with E-state index >= 15 is 0 Å². The van der Waals surface area contributed by atoms with Gasteiger partial charge in [0, 0.05) is 30.3 Å². The smallest absolute Gasteiger partial charge is 0.131 e. The van der Waals surface area contributed by atoms with E-state index in [4.69, 9.17) is 4.74 Å². The molecule has 2 rings (SSSR count). The molecule has 1 aromatic rings. The van der Waals surface area contributed by atoms with Crippen molar-refractivity contribution in [1.82, 2.24) is 10.2 Å². The van der Waals surface area contributed by atoms with E-state index in [-0.39, 0.29) is 11.4 Å². The summed E-state index contributed by atoms with van der Waals surface area (Å²) in [5.41, 5.74) is 0.956. The van der Waals surface area contributed by atoms with Crippen molar-refractivity contribution in [2.24, 2.45) is 0 Å². The SMILES string of the molecule is COc1ccc(CNCC2(N(C)C)CCC2)c(F)c1. The van der Waals surface area contributed by atoms with Gasteiger partial charge < -0.3 is 15.0 Å². The van der Waals surface area contributed by atoms with Crippen LogP contribution >= 0.6 is 0 Å². The number of rotatable bonds is 6. The van der Waals surface area contributed by atoms with E-state index < -0.39 is 0 Å². The summed E-state index contributed by atoms with van der Waals surface area (Å²) in [5, 5.41) is 3.38. The Morgan fingerprint density at radius 2 is 2.11 bits per heavy atom. The first-order valence-electron chi connectivity index (χ1n) is 6.78. The standard InChI is InChI=1S/C15H23FN2O/c1-18(2)15(7-4-8-15)11-17-10-12-5-6-13(19-3)9-14(12)16/h5-6,9,17H,4,7-8,10-11H2,1-3H3. The molecule has 1 saturated carbocycles. The highest BCUT2D eigenvalue weighted by Gasteiger charge is 2.38. The van der Waals surface area contributed by atoms with Crippen molar-refractivity contribution in [3.05, 3.63) is 29.6 Å². The monoisotopic (exact) mass is 266 g/mol. The number of likely N-dealkylation sites (N-methyl/N-ethyl adjacent to an activating group) is 1. The molecule has 1 N–H and O–H groups in total. The van der Waals surface area contributed by atoms with Crippen LogP contribution < -0.4 is 10.1 Å². The normalized spacial score (nSPS) is 17.3. The minimum atomic E-state index is -0.209. The summed E-state index contributed by atoms with van der Waals surface area (Å²) in [7, 11) is 5.79. The third-order valence-electron chi connectivity index (χ3n) is 4.26. The van der Waals surface area contributed by atoms with E-state index in [0.29, 0.717) is 17.9 Å². The van der Waals surface area contributed by atoms with Crippen LogP contribution in [0.5, 0.6) is 5.75 Å². The number of halogens is 1. The van der Waals surface area contributed by atoms with Crippen molar-refractivity contribution in [1.29, 1.82) is 0 Å². The summed E-state index contributed by atoms with van der Waals surface area (Å²) < 4.78 is 18.8. The highest BCUT2D eigenvalue weighted by Crippen LogP contribution is 2.35. The fourth-order valence-corrected chi connectivity index (χ4v) is 2.60. The van der Waals surface area contributed by atoms with E-state index in [2.05, 4.69) is 24.3 Å². The van der Waals surface area contributed by atoms with E-state index in [1.165, 1.54) is 25.3 Å². The van der Waals surface area contributed by atoms with Gasteiger partial charge in [0.05, 0.1) is 7.11 Å². The van der Waals surface area contributed by atoms with Gasteiger partial charge in [0.2, 0.25) is 0 Å². The third-order valence-corrected chi connectivity index (χ3v) is 4.26. The average Bonchev–Trinajstić information content (AvgIpc) is 2.33. The Balaban J connectivity index is 1.89. The molecule has 0 atom stereocenters. The molecule has 0 unspecified atom stereocenters. The zero-order valence-electron chi connectivity index (χ0n) is 12.0. The largest absolute Gasteiger partial charge is 0.497 e. The molecule has 0 amide bonds. The van der Waals surface area contributed by atoms with Gasteiger partial charge in [-0.1, -0.05) is 6.07 Å². The molecule has 0 aromatic heterocycles. The number of benzene rings is 1. The zero-order valence-corrected chi connectivity index (χ0v) is 12.0. The minimum absolute atomic E-state index is 0.209. The lowest BCUT2D eigenvalue weighted by Crippen LogP contribution is -2.56. The van der Waals surface area contributed by atoms with Gasteiger partial charge in [-0.3, -0.25) is 0 Å². The Labute approximate surface area is 114 Å². The van der Waals surface area contributed by atoms with Crippen molar-refractivity contribution in [3.63, 3.8) is 0 Å². The fourth-order valence-electron chi connectivity index (χ4n) is 2.60. The molecule has 1 fully saturated rings. The van der Waals surface area contributed by atoms with E-state index in [1.807, 2.05) is 0 Å². The van der Waals surface area contributed by atoms with Gasteiger partial charge in [-0.2, -0.15) is 0 Å². The van der Waals surface area contributed by atoms with Gasteiger partial charge in [0.15, 0.2) is 0 Å². The maximum absolute atomic E-state index is 13.8. The molecule has 0 radical (unpaired) electrons. The highest BCUT2D eigenvalue weighted by atomic mass is 19.1. The summed E-state index contributed by atoms with van der Waals surface area (Å²) in [6.45, 7) is 1.47. The maximum Gasteiger partial charge on any atom is 0.131 e. The van der Waals surface area contributed by atoms with E-state index in [1.54, 1.807) is 19.2 Å². The summed E-state index contributed by atoms with van der Waals surface area (Å²) in [4.78, 5) is 2.29. The molecule has 0 aliphatic heterocycles. The van der Waals surface area contributed by atoms with Crippen LogP contribution in [0.2, 0.25) is 0 Å². The Morgan fingerprint density at radius 1 is 1.37 bits per heavy atom. The van der Waals surface area contributed by atoms with Crippen LogP contribution in [-0.2, 0) is 6.54 Å². The highest BCUT2D eigenvalue weighted by molar-refractivity contribution is 5.28. The Morgan fingerprint density at radius 3 is 2.58 bits per heavy atom. The number of nitrogens with one attached hydrogen (secondary N) is 1. The zero-order chi connectivity index (χ0) is 13.9. The number of ether oxygens (including phenoxy) is 1. The summed E-state index contributed by atoms with van der Waals surface area (Å²) in [6, 6.07) is 5.01. The van der Waals surface area contributed by atoms with Crippen molar-refractivity contribution in [2.45, 2.75) is 31.3 Å². The van der Waals surface area contributed by atoms with Crippen molar-refractivity contribution < 1.29 is 9.13 Å². The number of hydrogen-bond donors (Lipinski definition) is 1. The van der Waals surface area contributed by atoms with Gasteiger partial charge >= 0.3 is 0 Å². The van der Waals surface area contributed by atoms with Crippen LogP contribution in [0.25, 0.3) is 0 Å². The number of hydrogen-bond acceptors (Lipinski definition) is 3. The molecule has 3 nitrogen and oxygen atoms in total. The van der Waals surface area contributed by atoms with Gasteiger partial charge in [-0.15, -0.1) is 0 Å². The topological polar surface area (TPSA) is 24.5 Å². The van der Waals surface area contributed by atoms with Crippen LogP contribution in [0.3, 0.4) is 0 Å². The van der Waals surface area contributed by atoms with Crippen molar-refractivity contribution in [3.8, 4) is 5.75 Å². The molecule has 4 heteroatoms. The molecule has 1 aromatic carbocycles. The van der Waals surface area contributed by atoms with Crippen molar-refractivity contribution >= 4 is 0 Å². The molecule has 0 heterocycles. The molecule has 0 spiro atoms. The number of nitrogens with zero attached hydrogens (tertiary/aromatic N) is 1. The van der Waals surface area contributed by atoms with Gasteiger partial charge in [-0.25, -0.2) is 4.39 Å². The molecule has 0 saturated heterocycles. The predicted molar refractivity (Wildman–Crippen MR) is 74.9 cm³/mol. The summed E-state index contributed by atoms with van der Waals surface area (Å²) in [5.74, 6) is 0.351. The lowest BCUT2D eigenvalue weighted by molar-refractivity contribution is 0.0597. The number of methoxy groups -OCH3 is 1. The maximum atomic E-state index is 13.8. The fraction of sp³-hybridized carbons (Fsp3) is 0.600. The van der Waals surface area contributed by atoms with Crippen LogP contribution in [0.1, 0.15) is 24.8 Å². The second-order valence-corrected chi connectivity index (χ2v) is 5.53. The van der Waals surface area contributed by atoms with Crippen molar-refractivity contribution in [2.75, 3.05) is 27.7 Å². The molecule has 106 valence electrons. The Hall–Kier alpha value is -1.13. The first kappa shape index (κ1) is 14.3. The molecular weight excluding hydrogens is 243 g/mol. The quantitative estimate of drug-likeness (QED) is 0.855. The molecular formula is C15H23FN2O. The summed E-state index contributed by atoms with van der Waals surface area (Å²) >= 11 is 0.